The number of anilines is 1. The number of aliphatic carboxylic acids is 2. The Hall–Kier alpha value is -3.08. The van der Waals surface area contributed by atoms with E-state index in [1.165, 1.54) is 6.08 Å². The Morgan fingerprint density at radius 2 is 1.79 bits per heavy atom. The molecular weight excluding hydrogens is 383 g/mol. The summed E-state index contributed by atoms with van der Waals surface area (Å²) >= 11 is 0. The van der Waals surface area contributed by atoms with Crippen molar-refractivity contribution in [1.82, 2.24) is 10.2 Å². The summed E-state index contributed by atoms with van der Waals surface area (Å²) in [5, 5.41) is 19.0. The molecule has 0 aromatic heterocycles. The minimum atomic E-state index is -5.08. The number of halogens is 3. The number of benzene rings is 1. The zero-order valence-corrected chi connectivity index (χ0v) is 14.5. The molecular formula is C17H18F3N3O5. The van der Waals surface area contributed by atoms with Crippen molar-refractivity contribution in [3.05, 3.63) is 35.9 Å². The van der Waals surface area contributed by atoms with Crippen LogP contribution in [-0.2, 0) is 9.59 Å². The van der Waals surface area contributed by atoms with Crippen LogP contribution in [0.25, 0.3) is 6.08 Å². The van der Waals surface area contributed by atoms with Crippen LogP contribution in [0, 0.1) is 0 Å². The van der Waals surface area contributed by atoms with Crippen molar-refractivity contribution in [2.45, 2.75) is 12.2 Å². The molecule has 0 spiro atoms. The predicted molar refractivity (Wildman–Crippen MR) is 92.9 cm³/mol. The molecule has 0 radical (unpaired) electrons. The van der Waals surface area contributed by atoms with Crippen molar-refractivity contribution in [3.63, 3.8) is 0 Å². The van der Waals surface area contributed by atoms with Crippen molar-refractivity contribution in [2.24, 2.45) is 0 Å². The minimum absolute atomic E-state index is 0.0512. The lowest BCUT2D eigenvalue weighted by Crippen LogP contribution is -2.49. The molecule has 0 unspecified atom stereocenters. The Morgan fingerprint density at radius 3 is 2.29 bits per heavy atom. The Labute approximate surface area is 157 Å². The van der Waals surface area contributed by atoms with Crippen LogP contribution < -0.4 is 10.2 Å². The van der Waals surface area contributed by atoms with E-state index in [-0.39, 0.29) is 12.1 Å². The average molecular weight is 401 g/mol. The smallest absolute Gasteiger partial charge is 0.478 e. The van der Waals surface area contributed by atoms with Gasteiger partial charge in [0.05, 0.1) is 6.04 Å². The number of amides is 2. The summed E-state index contributed by atoms with van der Waals surface area (Å²) in [4.78, 5) is 35.4. The Balaban J connectivity index is 0.000000345. The number of nitrogens with zero attached hydrogens (tertiary/aromatic N) is 2. The minimum Gasteiger partial charge on any atom is -0.478 e. The first-order valence-corrected chi connectivity index (χ1v) is 8.19. The number of hydrogen-bond donors (Lipinski definition) is 3. The molecule has 152 valence electrons. The van der Waals surface area contributed by atoms with E-state index in [9.17, 15) is 22.8 Å². The number of carboxylic acid groups (broad SMARTS) is 2. The van der Waals surface area contributed by atoms with Gasteiger partial charge in [0.15, 0.2) is 0 Å². The van der Waals surface area contributed by atoms with Crippen molar-refractivity contribution < 1.29 is 37.8 Å². The summed E-state index contributed by atoms with van der Waals surface area (Å²) in [6.07, 6.45) is -2.45. The van der Waals surface area contributed by atoms with Crippen molar-refractivity contribution in [3.8, 4) is 0 Å². The normalized spacial score (nSPS) is 19.2. The molecule has 0 saturated carbocycles. The second-order valence-electron chi connectivity index (χ2n) is 6.01. The van der Waals surface area contributed by atoms with Gasteiger partial charge in [-0.3, -0.25) is 4.90 Å². The molecule has 2 aliphatic rings. The molecule has 2 aliphatic heterocycles. The molecule has 28 heavy (non-hydrogen) atoms. The van der Waals surface area contributed by atoms with Crippen LogP contribution in [0.4, 0.5) is 23.7 Å². The van der Waals surface area contributed by atoms with Crippen LogP contribution in [0.1, 0.15) is 5.56 Å². The van der Waals surface area contributed by atoms with Gasteiger partial charge in [-0.15, -0.1) is 0 Å². The monoisotopic (exact) mass is 401 g/mol. The van der Waals surface area contributed by atoms with Crippen LogP contribution in [0.5, 0.6) is 0 Å². The number of piperazine rings is 1. The lowest BCUT2D eigenvalue weighted by molar-refractivity contribution is -0.192. The van der Waals surface area contributed by atoms with Gasteiger partial charge in [0.1, 0.15) is 0 Å². The van der Waals surface area contributed by atoms with Crippen LogP contribution in [0.2, 0.25) is 0 Å². The van der Waals surface area contributed by atoms with Gasteiger partial charge in [0, 0.05) is 37.9 Å². The summed E-state index contributed by atoms with van der Waals surface area (Å²) in [5.41, 5.74) is 1.65. The number of rotatable bonds is 3. The van der Waals surface area contributed by atoms with Crippen LogP contribution in [0.3, 0.4) is 0 Å². The van der Waals surface area contributed by atoms with Gasteiger partial charge in [-0.05, 0) is 23.8 Å². The van der Waals surface area contributed by atoms with Crippen LogP contribution >= 0.6 is 0 Å². The zero-order chi connectivity index (χ0) is 20.9. The first kappa shape index (κ1) is 21.2. The summed E-state index contributed by atoms with van der Waals surface area (Å²) in [7, 11) is 0. The third-order valence-corrected chi connectivity index (χ3v) is 4.09. The molecule has 0 aliphatic carbocycles. The number of carboxylic acids is 2. The average Bonchev–Trinajstić information content (AvgIpc) is 2.97. The van der Waals surface area contributed by atoms with Gasteiger partial charge in [-0.2, -0.15) is 13.2 Å². The maximum absolute atomic E-state index is 12.4. The van der Waals surface area contributed by atoms with Gasteiger partial charge in [0.25, 0.3) is 0 Å². The largest absolute Gasteiger partial charge is 0.490 e. The summed E-state index contributed by atoms with van der Waals surface area (Å²) < 4.78 is 31.7. The fourth-order valence-electron chi connectivity index (χ4n) is 2.77. The van der Waals surface area contributed by atoms with E-state index in [0.29, 0.717) is 6.54 Å². The third kappa shape index (κ3) is 5.46. The summed E-state index contributed by atoms with van der Waals surface area (Å²) in [5.74, 6) is -3.73. The van der Waals surface area contributed by atoms with Gasteiger partial charge in [-0.25, -0.2) is 14.4 Å². The Bertz CT molecular complexity index is 764. The molecule has 1 aromatic carbocycles. The van der Waals surface area contributed by atoms with Crippen LogP contribution in [0.15, 0.2) is 30.3 Å². The van der Waals surface area contributed by atoms with E-state index >= 15 is 0 Å². The number of carbonyl (C=O) groups excluding carboxylic acids is 1. The predicted octanol–water partition coefficient (Wildman–Crippen LogP) is 1.63. The number of hydrogen-bond acceptors (Lipinski definition) is 4. The molecule has 0 bridgehead atoms. The number of fused-ring (bicyclic) bond motifs is 1. The van der Waals surface area contributed by atoms with E-state index in [2.05, 4.69) is 5.32 Å². The van der Waals surface area contributed by atoms with Gasteiger partial charge in [-0.1, -0.05) is 12.1 Å². The number of alkyl halides is 3. The molecule has 2 saturated heterocycles. The Morgan fingerprint density at radius 1 is 1.18 bits per heavy atom. The van der Waals surface area contributed by atoms with Crippen LogP contribution in [-0.4, -0.2) is 71.5 Å². The van der Waals surface area contributed by atoms with E-state index in [0.717, 1.165) is 37.0 Å². The maximum atomic E-state index is 12.4. The van der Waals surface area contributed by atoms with E-state index in [1.54, 1.807) is 4.90 Å². The standard InChI is InChI=1S/C15H17N3O3.C2HF3O2/c19-14(20)6-3-11-1-4-12(5-2-11)18-10-13-9-16-7-8-17(13)15(18)21;3-2(4,5)1(6)7/h1-6,13,16H,7-10H2,(H,19,20);(H,6,7)/b6-3+;/t13-;/m0./s1. The van der Waals surface area contributed by atoms with Crippen molar-refractivity contribution in [2.75, 3.05) is 31.1 Å². The fraction of sp³-hybridized carbons (Fsp3) is 0.353. The highest BCUT2D eigenvalue weighted by Gasteiger charge is 2.39. The molecule has 2 heterocycles. The van der Waals surface area contributed by atoms with E-state index in [1.807, 2.05) is 29.2 Å². The highest BCUT2D eigenvalue weighted by atomic mass is 19.4. The molecule has 2 fully saturated rings. The number of urea groups is 1. The number of carbonyl (C=O) groups is 3. The lowest BCUT2D eigenvalue weighted by Gasteiger charge is -2.28. The van der Waals surface area contributed by atoms with Crippen molar-refractivity contribution in [1.29, 1.82) is 0 Å². The zero-order valence-electron chi connectivity index (χ0n) is 14.5. The second kappa shape index (κ2) is 8.74. The van der Waals surface area contributed by atoms with Gasteiger partial charge >= 0.3 is 24.1 Å². The van der Waals surface area contributed by atoms with Gasteiger partial charge < -0.3 is 20.4 Å². The highest BCUT2D eigenvalue weighted by Crippen LogP contribution is 2.25. The molecule has 3 N–H and O–H groups in total. The summed E-state index contributed by atoms with van der Waals surface area (Å²) in [6, 6.07) is 7.62. The Kier molecular flexibility index (Phi) is 6.62. The van der Waals surface area contributed by atoms with E-state index in [4.69, 9.17) is 15.0 Å². The maximum Gasteiger partial charge on any atom is 0.490 e. The second-order valence-corrected chi connectivity index (χ2v) is 6.01. The first-order chi connectivity index (χ1) is 13.1. The molecule has 2 amide bonds. The molecule has 8 nitrogen and oxygen atoms in total. The molecule has 1 aromatic rings. The fourth-order valence-corrected chi connectivity index (χ4v) is 2.77. The lowest BCUT2D eigenvalue weighted by atomic mass is 10.2. The van der Waals surface area contributed by atoms with Gasteiger partial charge in [0.2, 0.25) is 0 Å². The molecule has 1 atom stereocenters. The topological polar surface area (TPSA) is 110 Å². The SMILES string of the molecule is O=C(O)/C=C/c1ccc(N2C[C@@H]3CNCCN3C2=O)cc1.O=C(O)C(F)(F)F. The summed E-state index contributed by atoms with van der Waals surface area (Å²) in [6.45, 7) is 3.12. The van der Waals surface area contributed by atoms with E-state index < -0.39 is 18.1 Å². The first-order valence-electron chi connectivity index (χ1n) is 8.19. The molecule has 3 rings (SSSR count). The third-order valence-electron chi connectivity index (χ3n) is 4.09. The molecule has 11 heteroatoms. The number of nitrogens with one attached hydrogen (secondary N) is 1. The van der Waals surface area contributed by atoms with Crippen molar-refractivity contribution >= 4 is 29.7 Å². The highest BCUT2D eigenvalue weighted by molar-refractivity contribution is 5.95. The quantitative estimate of drug-likeness (QED) is 0.664.